The summed E-state index contributed by atoms with van der Waals surface area (Å²) in [5.74, 6) is 1.35. The minimum Gasteiger partial charge on any atom is -0.508 e. The van der Waals surface area contributed by atoms with E-state index in [9.17, 15) is 9.90 Å². The van der Waals surface area contributed by atoms with Gasteiger partial charge >= 0.3 is 0 Å². The van der Waals surface area contributed by atoms with Crippen LogP contribution in [0.2, 0.25) is 0 Å². The second-order valence-corrected chi connectivity index (χ2v) is 9.16. The largest absolute Gasteiger partial charge is 0.508 e. The van der Waals surface area contributed by atoms with Crippen LogP contribution in [-0.4, -0.2) is 22.1 Å². The molecule has 2 aromatic rings. The van der Waals surface area contributed by atoms with E-state index < -0.39 is 0 Å². The molecular weight excluding hydrogens is 376 g/mol. The Morgan fingerprint density at radius 1 is 1.00 bits per heavy atom. The summed E-state index contributed by atoms with van der Waals surface area (Å²) in [5.41, 5.74) is 1.52. The van der Waals surface area contributed by atoms with E-state index in [2.05, 4.69) is 6.58 Å². The first-order chi connectivity index (χ1) is 13.9. The first-order valence-corrected chi connectivity index (χ1v) is 10.1. The summed E-state index contributed by atoms with van der Waals surface area (Å²) in [7, 11) is 0. The third kappa shape index (κ3) is 7.11. The average Bonchev–Trinajstić information content (AvgIpc) is 2.60. The Labute approximate surface area is 179 Å². The highest BCUT2D eigenvalue weighted by Gasteiger charge is 2.20. The second kappa shape index (κ2) is 9.21. The molecule has 0 atom stereocenters. The molecule has 0 aliphatic heterocycles. The summed E-state index contributed by atoms with van der Waals surface area (Å²) in [6.45, 7) is 15.8. The van der Waals surface area contributed by atoms with Crippen LogP contribution in [0.4, 0.5) is 0 Å². The molecule has 0 spiro atoms. The van der Waals surface area contributed by atoms with Gasteiger partial charge in [-0.25, -0.2) is 0 Å². The lowest BCUT2D eigenvalue weighted by Crippen LogP contribution is -2.25. The monoisotopic (exact) mass is 408 g/mol. The number of rotatable bonds is 7. The Morgan fingerprint density at radius 2 is 1.60 bits per heavy atom. The number of aromatic hydroxyl groups is 1. The maximum absolute atomic E-state index is 12.6. The van der Waals surface area contributed by atoms with Gasteiger partial charge in [0.05, 0.1) is 0 Å². The number of benzene rings is 2. The Balaban J connectivity index is 2.51. The summed E-state index contributed by atoms with van der Waals surface area (Å²) in [6.07, 6.45) is 5.71. The fourth-order valence-corrected chi connectivity index (χ4v) is 2.87. The molecule has 1 N–H and O–H groups in total. The van der Waals surface area contributed by atoms with Gasteiger partial charge in [0, 0.05) is 17.2 Å². The van der Waals surface area contributed by atoms with Crippen molar-refractivity contribution in [2.75, 3.05) is 0 Å². The van der Waals surface area contributed by atoms with E-state index in [1.807, 2.05) is 59.8 Å². The Morgan fingerprint density at radius 3 is 2.13 bits per heavy atom. The fourth-order valence-electron chi connectivity index (χ4n) is 2.87. The zero-order valence-electron chi connectivity index (χ0n) is 18.8. The minimum atomic E-state index is -0.390. The molecule has 0 radical (unpaired) electrons. The molecule has 0 aliphatic rings. The molecule has 2 aromatic carbocycles. The highest BCUT2D eigenvalue weighted by Crippen LogP contribution is 2.34. The van der Waals surface area contributed by atoms with Gasteiger partial charge in [0.1, 0.15) is 28.5 Å². The number of phenolic OH excluding ortho intramolecular Hbond substituents is 1. The van der Waals surface area contributed by atoms with E-state index in [1.54, 1.807) is 18.2 Å². The van der Waals surface area contributed by atoms with Gasteiger partial charge in [-0.3, -0.25) is 4.79 Å². The molecular formula is C26H32O4. The number of ketones is 1. The predicted molar refractivity (Wildman–Crippen MR) is 123 cm³/mol. The van der Waals surface area contributed by atoms with Crippen molar-refractivity contribution in [3.05, 3.63) is 71.8 Å². The first-order valence-electron chi connectivity index (χ1n) is 10.1. The van der Waals surface area contributed by atoms with Crippen molar-refractivity contribution in [1.82, 2.24) is 0 Å². The normalized spacial score (nSPS) is 12.1. The fraction of sp³-hybridized carbons (Fsp3) is 0.346. The third-order valence-corrected chi connectivity index (χ3v) is 3.97. The molecule has 0 fully saturated rings. The Kier molecular flexibility index (Phi) is 7.14. The highest BCUT2D eigenvalue weighted by atomic mass is 16.5. The zero-order chi connectivity index (χ0) is 22.5. The van der Waals surface area contributed by atoms with Crippen molar-refractivity contribution in [1.29, 1.82) is 0 Å². The zero-order valence-corrected chi connectivity index (χ0v) is 18.8. The van der Waals surface area contributed by atoms with Crippen LogP contribution in [0.1, 0.15) is 63.0 Å². The van der Waals surface area contributed by atoms with Crippen molar-refractivity contribution in [3.63, 3.8) is 0 Å². The lowest BCUT2D eigenvalue weighted by atomic mass is 10.00. The van der Waals surface area contributed by atoms with Crippen molar-refractivity contribution in [3.8, 4) is 17.2 Å². The Hall–Kier alpha value is -3.01. The summed E-state index contributed by atoms with van der Waals surface area (Å²) in [4.78, 5) is 12.6. The van der Waals surface area contributed by atoms with Crippen molar-refractivity contribution in [2.24, 2.45) is 0 Å². The number of allylic oxidation sites excluding steroid dienone is 2. The molecule has 4 heteroatoms. The molecule has 160 valence electrons. The van der Waals surface area contributed by atoms with Gasteiger partial charge in [-0.2, -0.15) is 0 Å². The van der Waals surface area contributed by atoms with E-state index in [0.29, 0.717) is 23.5 Å². The molecule has 0 saturated carbocycles. The second-order valence-electron chi connectivity index (χ2n) is 9.16. The first kappa shape index (κ1) is 23.3. The average molecular weight is 409 g/mol. The van der Waals surface area contributed by atoms with Crippen molar-refractivity contribution in [2.45, 2.75) is 59.2 Å². The summed E-state index contributed by atoms with van der Waals surface area (Å²) < 4.78 is 12.3. The van der Waals surface area contributed by atoms with Gasteiger partial charge in [-0.15, -0.1) is 6.58 Å². The van der Waals surface area contributed by atoms with Gasteiger partial charge < -0.3 is 14.6 Å². The topological polar surface area (TPSA) is 55.8 Å². The van der Waals surface area contributed by atoms with Crippen LogP contribution in [0.5, 0.6) is 17.2 Å². The molecule has 0 unspecified atom stereocenters. The quantitative estimate of drug-likeness (QED) is 0.328. The molecule has 0 aromatic heterocycles. The lowest BCUT2D eigenvalue weighted by Gasteiger charge is -2.27. The van der Waals surface area contributed by atoms with Crippen molar-refractivity contribution < 1.29 is 19.4 Å². The molecule has 0 heterocycles. The molecule has 0 saturated heterocycles. The van der Waals surface area contributed by atoms with Gasteiger partial charge in [-0.1, -0.05) is 12.2 Å². The maximum atomic E-state index is 12.6. The van der Waals surface area contributed by atoms with E-state index in [4.69, 9.17) is 9.47 Å². The highest BCUT2D eigenvalue weighted by molar-refractivity contribution is 6.07. The van der Waals surface area contributed by atoms with Crippen LogP contribution in [0.3, 0.4) is 0 Å². The summed E-state index contributed by atoms with van der Waals surface area (Å²) >= 11 is 0. The van der Waals surface area contributed by atoms with Gasteiger partial charge in [0.2, 0.25) is 0 Å². The van der Waals surface area contributed by atoms with Crippen LogP contribution >= 0.6 is 0 Å². The molecule has 0 bridgehead atoms. The van der Waals surface area contributed by atoms with Gasteiger partial charge in [0.25, 0.3) is 0 Å². The number of carbonyl (C=O) groups excluding carboxylic acids is 1. The molecule has 4 nitrogen and oxygen atoms in total. The molecule has 0 amide bonds. The number of ether oxygens (including phenoxy) is 2. The van der Waals surface area contributed by atoms with Gasteiger partial charge in [-0.05, 0) is 89.9 Å². The number of phenols is 1. The van der Waals surface area contributed by atoms with E-state index in [-0.39, 0.29) is 22.7 Å². The summed E-state index contributed by atoms with van der Waals surface area (Å²) in [6, 6.07) is 10.0. The van der Waals surface area contributed by atoms with Crippen LogP contribution in [-0.2, 0) is 6.42 Å². The minimum absolute atomic E-state index is 0.125. The number of hydrogen-bond acceptors (Lipinski definition) is 4. The lowest BCUT2D eigenvalue weighted by molar-refractivity contribution is 0.104. The van der Waals surface area contributed by atoms with Crippen LogP contribution in [0.25, 0.3) is 6.08 Å². The van der Waals surface area contributed by atoms with Crippen LogP contribution < -0.4 is 9.47 Å². The molecule has 30 heavy (non-hydrogen) atoms. The number of carbonyl (C=O) groups is 1. The molecule has 0 aliphatic carbocycles. The van der Waals surface area contributed by atoms with Crippen LogP contribution in [0, 0.1) is 0 Å². The van der Waals surface area contributed by atoms with Crippen molar-refractivity contribution >= 4 is 11.9 Å². The standard InChI is InChI=1S/C26H32O4/c1-8-9-22-19(12-15-23(28)18-10-13-20(27)14-11-18)16-21(29-25(2,3)4)17-24(22)30-26(5,6)7/h8,10-17,27H,1,9H2,2-7H3. The van der Waals surface area contributed by atoms with E-state index in [0.717, 1.165) is 11.1 Å². The maximum Gasteiger partial charge on any atom is 0.185 e. The smallest absolute Gasteiger partial charge is 0.185 e. The number of hydrogen-bond donors (Lipinski definition) is 1. The van der Waals surface area contributed by atoms with Crippen LogP contribution in [0.15, 0.2) is 55.1 Å². The van der Waals surface area contributed by atoms with E-state index in [1.165, 1.54) is 18.2 Å². The SMILES string of the molecule is C=CCc1c(C=CC(=O)c2ccc(O)cc2)cc(OC(C)(C)C)cc1OC(C)(C)C. The molecule has 2 rings (SSSR count). The summed E-state index contributed by atoms with van der Waals surface area (Å²) in [5, 5.41) is 9.42. The van der Waals surface area contributed by atoms with Gasteiger partial charge in [0.15, 0.2) is 5.78 Å². The third-order valence-electron chi connectivity index (χ3n) is 3.97. The Bertz CT molecular complexity index is 923. The predicted octanol–water partition coefficient (Wildman–Crippen LogP) is 6.37. The van der Waals surface area contributed by atoms with E-state index >= 15 is 0 Å².